The van der Waals surface area contributed by atoms with Crippen LogP contribution in [-0.2, 0) is 4.74 Å². The van der Waals surface area contributed by atoms with Gasteiger partial charge in [0, 0.05) is 19.7 Å². The Morgan fingerprint density at radius 1 is 1.31 bits per heavy atom. The SMILES string of the molecule is COCC(O)CNC(C)c1ccc(O)cc1. The van der Waals surface area contributed by atoms with Crippen LogP contribution in [0.4, 0.5) is 0 Å². The van der Waals surface area contributed by atoms with Crippen molar-refractivity contribution in [2.24, 2.45) is 0 Å². The van der Waals surface area contributed by atoms with Crippen molar-refractivity contribution in [2.45, 2.75) is 19.1 Å². The molecule has 16 heavy (non-hydrogen) atoms. The maximum atomic E-state index is 9.46. The summed E-state index contributed by atoms with van der Waals surface area (Å²) in [5, 5.41) is 21.8. The van der Waals surface area contributed by atoms with Gasteiger partial charge in [-0.1, -0.05) is 12.1 Å². The van der Waals surface area contributed by atoms with Crippen molar-refractivity contribution < 1.29 is 14.9 Å². The first-order valence-corrected chi connectivity index (χ1v) is 5.32. The predicted molar refractivity (Wildman–Crippen MR) is 62.4 cm³/mol. The summed E-state index contributed by atoms with van der Waals surface area (Å²) in [6, 6.07) is 7.15. The van der Waals surface area contributed by atoms with E-state index >= 15 is 0 Å². The Morgan fingerprint density at radius 2 is 1.94 bits per heavy atom. The number of aromatic hydroxyl groups is 1. The number of hydrogen-bond acceptors (Lipinski definition) is 4. The molecule has 0 aliphatic rings. The van der Waals surface area contributed by atoms with E-state index in [1.807, 2.05) is 19.1 Å². The van der Waals surface area contributed by atoms with Crippen molar-refractivity contribution >= 4 is 0 Å². The van der Waals surface area contributed by atoms with Crippen LogP contribution >= 0.6 is 0 Å². The van der Waals surface area contributed by atoms with E-state index in [-0.39, 0.29) is 11.8 Å². The molecule has 2 unspecified atom stereocenters. The molecule has 4 heteroatoms. The quantitative estimate of drug-likeness (QED) is 0.677. The van der Waals surface area contributed by atoms with E-state index in [4.69, 9.17) is 9.84 Å². The molecule has 2 atom stereocenters. The van der Waals surface area contributed by atoms with Crippen LogP contribution in [0.3, 0.4) is 0 Å². The molecule has 1 rings (SSSR count). The molecule has 3 N–H and O–H groups in total. The van der Waals surface area contributed by atoms with Crippen molar-refractivity contribution in [1.29, 1.82) is 0 Å². The number of phenolic OH excluding ortho intramolecular Hbond substituents is 1. The first-order chi connectivity index (χ1) is 7.63. The maximum absolute atomic E-state index is 9.46. The number of methoxy groups -OCH3 is 1. The van der Waals surface area contributed by atoms with Crippen LogP contribution in [0, 0.1) is 0 Å². The van der Waals surface area contributed by atoms with Gasteiger partial charge in [0.1, 0.15) is 5.75 Å². The fourth-order valence-electron chi connectivity index (χ4n) is 1.44. The van der Waals surface area contributed by atoms with Crippen molar-refractivity contribution in [2.75, 3.05) is 20.3 Å². The van der Waals surface area contributed by atoms with Crippen LogP contribution < -0.4 is 5.32 Å². The molecule has 0 aliphatic heterocycles. The minimum atomic E-state index is -0.496. The summed E-state index contributed by atoms with van der Waals surface area (Å²) in [5.41, 5.74) is 1.07. The Hall–Kier alpha value is -1.10. The van der Waals surface area contributed by atoms with Gasteiger partial charge in [0.15, 0.2) is 0 Å². The monoisotopic (exact) mass is 225 g/mol. The molecule has 90 valence electrons. The Morgan fingerprint density at radius 3 is 2.50 bits per heavy atom. The lowest BCUT2D eigenvalue weighted by Crippen LogP contribution is -2.31. The van der Waals surface area contributed by atoms with Crippen LogP contribution in [0.15, 0.2) is 24.3 Å². The van der Waals surface area contributed by atoms with Gasteiger partial charge in [-0.3, -0.25) is 0 Å². The normalized spacial score (nSPS) is 14.7. The summed E-state index contributed by atoms with van der Waals surface area (Å²) >= 11 is 0. The van der Waals surface area contributed by atoms with E-state index in [9.17, 15) is 5.11 Å². The zero-order chi connectivity index (χ0) is 12.0. The zero-order valence-electron chi connectivity index (χ0n) is 9.68. The molecule has 0 aromatic heterocycles. The summed E-state index contributed by atoms with van der Waals surface area (Å²) in [6.07, 6.45) is -0.496. The van der Waals surface area contributed by atoms with Gasteiger partial charge in [0.2, 0.25) is 0 Å². The van der Waals surface area contributed by atoms with Gasteiger partial charge in [-0.05, 0) is 24.6 Å². The average molecular weight is 225 g/mol. The molecule has 0 amide bonds. The van der Waals surface area contributed by atoms with Gasteiger partial charge in [-0.15, -0.1) is 0 Å². The van der Waals surface area contributed by atoms with Crippen molar-refractivity contribution in [3.63, 3.8) is 0 Å². The number of aliphatic hydroxyl groups is 1. The Labute approximate surface area is 95.9 Å². The fourth-order valence-corrected chi connectivity index (χ4v) is 1.44. The molecule has 1 aromatic rings. The molecule has 0 radical (unpaired) electrons. The summed E-state index contributed by atoms with van der Waals surface area (Å²) in [7, 11) is 1.56. The van der Waals surface area contributed by atoms with Gasteiger partial charge in [-0.25, -0.2) is 0 Å². The molecule has 0 bridgehead atoms. The smallest absolute Gasteiger partial charge is 0.115 e. The Bertz CT molecular complexity index is 300. The molecule has 4 nitrogen and oxygen atoms in total. The molecule has 1 aromatic carbocycles. The van der Waals surface area contributed by atoms with E-state index in [2.05, 4.69) is 5.32 Å². The Kier molecular flexibility index (Phi) is 5.25. The topological polar surface area (TPSA) is 61.7 Å². The van der Waals surface area contributed by atoms with Gasteiger partial charge in [-0.2, -0.15) is 0 Å². The van der Waals surface area contributed by atoms with E-state index in [1.54, 1.807) is 19.2 Å². The summed E-state index contributed by atoms with van der Waals surface area (Å²) < 4.78 is 4.83. The summed E-state index contributed by atoms with van der Waals surface area (Å²) in [4.78, 5) is 0. The standard InChI is InChI=1S/C12H19NO3/c1-9(13-7-12(15)8-16-2)10-3-5-11(14)6-4-10/h3-6,9,12-15H,7-8H2,1-2H3. The highest BCUT2D eigenvalue weighted by molar-refractivity contribution is 5.27. The van der Waals surface area contributed by atoms with E-state index in [1.165, 1.54) is 0 Å². The third-order valence-electron chi connectivity index (χ3n) is 2.41. The van der Waals surface area contributed by atoms with Gasteiger partial charge in [0.05, 0.1) is 12.7 Å². The van der Waals surface area contributed by atoms with Crippen molar-refractivity contribution in [1.82, 2.24) is 5.32 Å². The second kappa shape index (κ2) is 6.48. The first-order valence-electron chi connectivity index (χ1n) is 5.32. The predicted octanol–water partition coefficient (Wildman–Crippen LogP) is 1.05. The molecule has 0 saturated heterocycles. The fraction of sp³-hybridized carbons (Fsp3) is 0.500. The van der Waals surface area contributed by atoms with Crippen molar-refractivity contribution in [3.8, 4) is 5.75 Å². The third-order valence-corrected chi connectivity index (χ3v) is 2.41. The average Bonchev–Trinajstić information content (AvgIpc) is 2.27. The first kappa shape index (κ1) is 13.0. The van der Waals surface area contributed by atoms with Crippen molar-refractivity contribution in [3.05, 3.63) is 29.8 Å². The maximum Gasteiger partial charge on any atom is 0.115 e. The van der Waals surface area contributed by atoms with Crippen LogP contribution in [0.1, 0.15) is 18.5 Å². The highest BCUT2D eigenvalue weighted by Crippen LogP contribution is 2.16. The third kappa shape index (κ3) is 4.18. The second-order valence-corrected chi connectivity index (χ2v) is 3.83. The van der Waals surface area contributed by atoms with Gasteiger partial charge >= 0.3 is 0 Å². The number of aliphatic hydroxyl groups excluding tert-OH is 1. The minimum absolute atomic E-state index is 0.132. The second-order valence-electron chi connectivity index (χ2n) is 3.83. The largest absolute Gasteiger partial charge is 0.508 e. The summed E-state index contributed by atoms with van der Waals surface area (Å²) in [5.74, 6) is 0.260. The van der Waals surface area contributed by atoms with Crippen LogP contribution in [-0.4, -0.2) is 36.6 Å². The van der Waals surface area contributed by atoms with Crippen LogP contribution in [0.25, 0.3) is 0 Å². The number of hydrogen-bond donors (Lipinski definition) is 3. The lowest BCUT2D eigenvalue weighted by atomic mass is 10.1. The molecule has 0 aliphatic carbocycles. The van der Waals surface area contributed by atoms with Crippen LogP contribution in [0.2, 0.25) is 0 Å². The molecule has 0 fully saturated rings. The molecule has 0 spiro atoms. The summed E-state index contributed by atoms with van der Waals surface area (Å²) in [6.45, 7) is 2.82. The van der Waals surface area contributed by atoms with Gasteiger partial charge < -0.3 is 20.3 Å². The number of ether oxygens (including phenoxy) is 1. The van der Waals surface area contributed by atoms with E-state index < -0.39 is 6.10 Å². The lowest BCUT2D eigenvalue weighted by Gasteiger charge is -2.17. The zero-order valence-corrected chi connectivity index (χ0v) is 9.68. The van der Waals surface area contributed by atoms with Gasteiger partial charge in [0.25, 0.3) is 0 Å². The minimum Gasteiger partial charge on any atom is -0.508 e. The Balaban J connectivity index is 2.40. The number of rotatable bonds is 6. The molecule has 0 saturated carbocycles. The number of phenols is 1. The highest BCUT2D eigenvalue weighted by Gasteiger charge is 2.08. The number of nitrogens with one attached hydrogen (secondary N) is 1. The lowest BCUT2D eigenvalue weighted by molar-refractivity contribution is 0.0630. The molecular weight excluding hydrogens is 206 g/mol. The van der Waals surface area contributed by atoms with E-state index in [0.717, 1.165) is 5.56 Å². The number of benzene rings is 1. The van der Waals surface area contributed by atoms with Crippen LogP contribution in [0.5, 0.6) is 5.75 Å². The highest BCUT2D eigenvalue weighted by atomic mass is 16.5. The molecular formula is C12H19NO3. The molecule has 0 heterocycles. The van der Waals surface area contributed by atoms with E-state index in [0.29, 0.717) is 13.2 Å².